The Kier molecular flexibility index (Phi) is 48.1. The molecule has 36 heteroatoms. The number of benzene rings is 6. The SMILES string of the molecule is CCOCCOc1ccc(NC(=O)c2ccc(OCCOCC)cc2)cc1.O=C(Nc1ccc(OCCOS(=O)(=O)[O-])cc1)c1ccc(OCC[O-])cc1.O=C(Nc1ccc(OCCS(=O)(=O)[O-])cc1)c1ccc(OCCS(=O)(=O)[O-])cc1.O=S(=O)=O.[Na+].[Na+].[Na+].[Na+]. The molecule has 0 aliphatic carbocycles. The van der Waals surface area contributed by atoms with E-state index in [0.717, 1.165) is 5.75 Å². The van der Waals surface area contributed by atoms with Gasteiger partial charge in [0.1, 0.15) is 67.5 Å². The number of anilines is 3. The molecule has 6 rings (SSSR count). The van der Waals surface area contributed by atoms with E-state index < -0.39 is 65.3 Å². The number of hydrogen-bond acceptors (Lipinski definition) is 25. The van der Waals surface area contributed by atoms with Crippen molar-refractivity contribution >= 4 is 76.0 Å². The molecule has 0 aromatic heterocycles. The van der Waals surface area contributed by atoms with Crippen LogP contribution in [0.2, 0.25) is 0 Å². The van der Waals surface area contributed by atoms with Gasteiger partial charge in [0.25, 0.3) is 17.7 Å². The van der Waals surface area contributed by atoms with Gasteiger partial charge >= 0.3 is 129 Å². The van der Waals surface area contributed by atoms with E-state index in [0.29, 0.717) is 102 Å². The van der Waals surface area contributed by atoms with Crippen molar-refractivity contribution in [2.45, 2.75) is 13.8 Å². The van der Waals surface area contributed by atoms with Crippen LogP contribution in [0.15, 0.2) is 146 Å². The standard InChI is InChI=1S/C21H27NO5.C17H19NO9S2.C17H18NO8S.4Na.O3S/c1-3-24-13-15-26-19-9-5-17(6-10-19)21(23)22-18-7-11-20(12-8-18)27-16-14-25-4-2;19-17(13-1-5-15(6-2-13)26-9-11-28(20,21)22)18-14-3-7-16(8-4-14)27-10-12-29(23,24)25;19-9-10-24-15-5-1-13(2-6-15)17(20)18-14-3-7-16(8-4-14)25-11-12-26-27(21,22)23;;;;;1-4(2)3/h5-12H,3-4,13-16H2,1-2H3,(H,22,23);1-8H,9-12H2,(H,18,19)(H,20,21,22)(H,23,24,25);1-8H,9-12H2,(H,18,20)(H,21,22,23);;;;;/q;;-1;4*+1;/p-3. The normalized spacial score (nSPS) is 10.4. The second-order valence-corrected chi connectivity index (χ2v) is 21.2. The Bertz CT molecular complexity index is 3490. The maximum absolute atomic E-state index is 12.3. The Morgan fingerprint density at radius 1 is 0.374 bits per heavy atom. The van der Waals surface area contributed by atoms with Crippen LogP contribution in [-0.4, -0.2) is 160 Å². The van der Waals surface area contributed by atoms with Crippen molar-refractivity contribution in [1.29, 1.82) is 0 Å². The average molecular weight is 1380 g/mol. The first-order valence-corrected chi connectivity index (χ1v) is 31.1. The van der Waals surface area contributed by atoms with Crippen LogP contribution < -0.4 is 168 Å². The molecule has 0 saturated carbocycles. The molecule has 0 saturated heterocycles. The van der Waals surface area contributed by atoms with E-state index >= 15 is 0 Å². The Balaban J connectivity index is 0. The van der Waals surface area contributed by atoms with Crippen LogP contribution in [0.1, 0.15) is 44.9 Å². The van der Waals surface area contributed by atoms with Crippen LogP contribution in [-0.2, 0) is 54.9 Å². The Labute approximate surface area is 617 Å². The molecule has 3 N–H and O–H groups in total. The number of rotatable bonds is 32. The van der Waals surface area contributed by atoms with Gasteiger partial charge in [0.15, 0.2) is 0 Å². The minimum Gasteiger partial charge on any atom is -0.852 e. The van der Waals surface area contributed by atoms with Gasteiger partial charge in [-0.15, -0.1) is 19.2 Å². The smallest absolute Gasteiger partial charge is 0.852 e. The van der Waals surface area contributed by atoms with Gasteiger partial charge in [0, 0.05) is 47.0 Å². The molecule has 0 radical (unpaired) electrons. The van der Waals surface area contributed by atoms with Crippen LogP contribution >= 0.6 is 0 Å². The summed E-state index contributed by atoms with van der Waals surface area (Å²) in [4.78, 5) is 36.8. The Morgan fingerprint density at radius 3 is 0.835 bits per heavy atom. The molecular weight excluding hydrogens is 1320 g/mol. The van der Waals surface area contributed by atoms with E-state index in [9.17, 15) is 58.4 Å². The van der Waals surface area contributed by atoms with Gasteiger partial charge in [-0.25, -0.2) is 25.3 Å². The van der Waals surface area contributed by atoms with Crippen molar-refractivity contribution < 1.29 is 231 Å². The zero-order chi connectivity index (χ0) is 64.1. The quantitative estimate of drug-likeness (QED) is 0.0153. The van der Waals surface area contributed by atoms with Gasteiger partial charge in [-0.1, -0.05) is 0 Å². The van der Waals surface area contributed by atoms with Gasteiger partial charge in [-0.05, 0) is 159 Å². The number of carbonyl (C=O) groups is 3. The molecule has 0 aliphatic heterocycles. The average Bonchev–Trinajstić information content (AvgIpc) is 2.51. The summed E-state index contributed by atoms with van der Waals surface area (Å²) in [6.45, 7) is 5.98. The van der Waals surface area contributed by atoms with Crippen molar-refractivity contribution in [3.63, 3.8) is 0 Å². The summed E-state index contributed by atoms with van der Waals surface area (Å²) in [5.74, 6) is 0.817. The van der Waals surface area contributed by atoms with Crippen LogP contribution in [0.3, 0.4) is 0 Å². The third kappa shape index (κ3) is 43.4. The van der Waals surface area contributed by atoms with Crippen molar-refractivity contribution in [3.8, 4) is 34.5 Å². The van der Waals surface area contributed by atoms with Crippen LogP contribution in [0, 0.1) is 0 Å². The van der Waals surface area contributed by atoms with Crippen molar-refractivity contribution in [3.05, 3.63) is 162 Å². The molecule has 474 valence electrons. The van der Waals surface area contributed by atoms with E-state index in [2.05, 4.69) is 20.1 Å². The van der Waals surface area contributed by atoms with E-state index in [4.69, 9.17) is 50.5 Å². The molecule has 0 spiro atoms. The molecule has 3 amide bonds. The number of carbonyl (C=O) groups excluding carboxylic acids is 3. The first kappa shape index (κ1) is 88.8. The fraction of sp³-hybridized carbons (Fsp3) is 0.291. The third-order valence-electron chi connectivity index (χ3n) is 10.2. The molecule has 6 aromatic carbocycles. The van der Waals surface area contributed by atoms with Crippen molar-refractivity contribution in [2.75, 3.05) is 107 Å². The number of ether oxygens (including phenoxy) is 8. The van der Waals surface area contributed by atoms with Crippen molar-refractivity contribution in [1.82, 2.24) is 0 Å². The Hall–Kier alpha value is -4.28. The van der Waals surface area contributed by atoms with E-state index in [1.54, 1.807) is 97.1 Å². The minimum absolute atomic E-state index is 0. The van der Waals surface area contributed by atoms with Gasteiger partial charge in [-0.2, -0.15) is 0 Å². The molecule has 6 aromatic rings. The minimum atomic E-state index is -4.73. The first-order valence-electron chi connectivity index (χ1n) is 25.6. The van der Waals surface area contributed by atoms with E-state index in [1.165, 1.54) is 36.4 Å². The van der Waals surface area contributed by atoms with Crippen molar-refractivity contribution in [2.24, 2.45) is 0 Å². The molecule has 0 bridgehead atoms. The Morgan fingerprint density at radius 2 is 0.604 bits per heavy atom. The molecular formula is C55H61N3Na4O25S4. The molecule has 0 atom stereocenters. The largest absolute Gasteiger partial charge is 1.00 e. The second kappa shape index (κ2) is 49.3. The molecule has 91 heavy (non-hydrogen) atoms. The zero-order valence-electron chi connectivity index (χ0n) is 50.6. The first-order chi connectivity index (χ1) is 41.3. The molecule has 0 fully saturated rings. The summed E-state index contributed by atoms with van der Waals surface area (Å²) < 4.78 is 165. The number of hydrogen-bond donors (Lipinski definition) is 3. The topological polar surface area (TPSA) is 416 Å². The summed E-state index contributed by atoms with van der Waals surface area (Å²) in [6, 6.07) is 38.9. The number of nitrogens with one attached hydrogen (secondary N) is 3. The molecule has 28 nitrogen and oxygen atoms in total. The molecule has 0 aliphatic rings. The van der Waals surface area contributed by atoms with E-state index in [-0.39, 0.29) is 163 Å². The summed E-state index contributed by atoms with van der Waals surface area (Å²) in [5, 5.41) is 18.6. The predicted molar refractivity (Wildman–Crippen MR) is 308 cm³/mol. The maximum Gasteiger partial charge on any atom is 1.00 e. The molecule has 0 unspecified atom stereocenters. The summed E-state index contributed by atoms with van der Waals surface area (Å²) >= 11 is 0. The van der Waals surface area contributed by atoms with Crippen LogP contribution in [0.5, 0.6) is 34.5 Å². The second-order valence-electron chi connectivity index (χ2n) is 16.7. The summed E-state index contributed by atoms with van der Waals surface area (Å²) in [6.07, 6.45) is 0. The summed E-state index contributed by atoms with van der Waals surface area (Å²) in [5.41, 5.74) is 2.98. The predicted octanol–water partition coefficient (Wildman–Crippen LogP) is -7.90. The van der Waals surface area contributed by atoms with E-state index in [1.807, 2.05) is 26.0 Å². The van der Waals surface area contributed by atoms with Gasteiger partial charge in [0.05, 0.1) is 58.2 Å². The van der Waals surface area contributed by atoms with Gasteiger partial charge < -0.3 is 72.6 Å². The fourth-order valence-corrected chi connectivity index (χ4v) is 7.17. The van der Waals surface area contributed by atoms with Gasteiger partial charge in [-0.3, -0.25) is 18.6 Å². The van der Waals surface area contributed by atoms with Crippen LogP contribution in [0.25, 0.3) is 0 Å². The summed E-state index contributed by atoms with van der Waals surface area (Å²) in [7, 11) is -16.5. The van der Waals surface area contributed by atoms with Crippen LogP contribution in [0.4, 0.5) is 17.1 Å². The number of amides is 3. The fourth-order valence-electron chi connectivity index (χ4n) is 6.32. The maximum atomic E-state index is 12.3. The zero-order valence-corrected chi connectivity index (χ0v) is 61.9. The van der Waals surface area contributed by atoms with Gasteiger partial charge in [0.2, 0.25) is 10.4 Å². The third-order valence-corrected chi connectivity index (χ3v) is 12.0. The monoisotopic (exact) mass is 1380 g/mol. The molecule has 0 heterocycles.